The minimum Gasteiger partial charge on any atom is -0.497 e. The van der Waals surface area contributed by atoms with Crippen LogP contribution in [0, 0.1) is 11.8 Å². The highest BCUT2D eigenvalue weighted by molar-refractivity contribution is 6.30. The molecule has 0 spiro atoms. The number of nitrogens with zero attached hydrogens (tertiary/aromatic N) is 2. The first kappa shape index (κ1) is 17.1. The topological polar surface area (TPSA) is 45.6 Å². The van der Waals surface area contributed by atoms with E-state index in [-0.39, 0.29) is 6.04 Å². The fourth-order valence-corrected chi connectivity index (χ4v) is 4.96. The number of halogens is 1. The van der Waals surface area contributed by atoms with Crippen LogP contribution in [0.3, 0.4) is 0 Å². The number of ether oxygens (including phenoxy) is 1. The largest absolute Gasteiger partial charge is 0.497 e. The number of rotatable bonds is 4. The molecule has 4 heterocycles. The van der Waals surface area contributed by atoms with E-state index in [9.17, 15) is 5.11 Å². The van der Waals surface area contributed by atoms with Crippen LogP contribution in [0.5, 0.6) is 5.75 Å². The van der Waals surface area contributed by atoms with Gasteiger partial charge in [0.1, 0.15) is 10.9 Å². The molecule has 5 atom stereocenters. The second kappa shape index (κ2) is 6.75. The highest BCUT2D eigenvalue weighted by Gasteiger charge is 2.42. The van der Waals surface area contributed by atoms with Gasteiger partial charge in [0.25, 0.3) is 0 Å². The molecule has 5 heteroatoms. The molecule has 3 aliphatic rings. The fraction of sp³-hybridized carbons (Fsp3) is 0.550. The Morgan fingerprint density at radius 2 is 2.24 bits per heavy atom. The van der Waals surface area contributed by atoms with Crippen LogP contribution >= 0.6 is 11.6 Å². The third kappa shape index (κ3) is 3.01. The van der Waals surface area contributed by atoms with Gasteiger partial charge in [-0.2, -0.15) is 0 Å². The molecule has 3 saturated heterocycles. The summed E-state index contributed by atoms with van der Waals surface area (Å²) in [5, 5.41) is 12.6. The van der Waals surface area contributed by atoms with Crippen molar-refractivity contribution in [1.29, 1.82) is 0 Å². The van der Waals surface area contributed by atoms with Crippen LogP contribution in [0.25, 0.3) is 10.9 Å². The van der Waals surface area contributed by atoms with Crippen molar-refractivity contribution < 1.29 is 9.84 Å². The Labute approximate surface area is 153 Å². The summed E-state index contributed by atoms with van der Waals surface area (Å²) in [6.07, 6.45) is 2.99. The molecule has 134 valence electrons. The van der Waals surface area contributed by atoms with Gasteiger partial charge in [-0.1, -0.05) is 24.9 Å². The third-order valence-electron chi connectivity index (χ3n) is 6.16. The van der Waals surface area contributed by atoms with E-state index in [0.29, 0.717) is 5.15 Å². The summed E-state index contributed by atoms with van der Waals surface area (Å²) >= 11 is 6.24. The number of aromatic nitrogens is 1. The van der Waals surface area contributed by atoms with Gasteiger partial charge >= 0.3 is 0 Å². The molecule has 1 aromatic carbocycles. The number of fused-ring (bicyclic) bond motifs is 4. The lowest BCUT2D eigenvalue weighted by atomic mass is 9.72. The lowest BCUT2D eigenvalue weighted by Crippen LogP contribution is -2.55. The van der Waals surface area contributed by atoms with Crippen LogP contribution in [0.1, 0.15) is 37.9 Å². The highest BCUT2D eigenvalue weighted by Crippen LogP contribution is 2.43. The van der Waals surface area contributed by atoms with E-state index in [1.165, 1.54) is 12.8 Å². The fourth-order valence-electron chi connectivity index (χ4n) is 4.75. The van der Waals surface area contributed by atoms with E-state index in [2.05, 4.69) is 16.8 Å². The van der Waals surface area contributed by atoms with Gasteiger partial charge in [0.15, 0.2) is 0 Å². The van der Waals surface area contributed by atoms with Gasteiger partial charge in [0.2, 0.25) is 0 Å². The summed E-state index contributed by atoms with van der Waals surface area (Å²) in [5.74, 6) is 2.27. The molecule has 0 amide bonds. The Bertz CT molecular complexity index is 782. The Morgan fingerprint density at radius 1 is 1.40 bits per heavy atom. The molecule has 1 unspecified atom stereocenters. The van der Waals surface area contributed by atoms with Crippen molar-refractivity contribution in [3.63, 3.8) is 0 Å². The molecule has 25 heavy (non-hydrogen) atoms. The van der Waals surface area contributed by atoms with E-state index in [1.54, 1.807) is 7.11 Å². The molecule has 0 saturated carbocycles. The Balaban J connectivity index is 1.71. The molecule has 4 nitrogen and oxygen atoms in total. The van der Waals surface area contributed by atoms with E-state index < -0.39 is 6.10 Å². The molecule has 1 aromatic heterocycles. The second-order valence-corrected chi connectivity index (χ2v) is 7.76. The van der Waals surface area contributed by atoms with Gasteiger partial charge in [0.05, 0.1) is 18.7 Å². The Hall–Kier alpha value is -1.36. The lowest BCUT2D eigenvalue weighted by Gasteiger charge is -2.51. The van der Waals surface area contributed by atoms with Crippen LogP contribution in [0.4, 0.5) is 0 Å². The number of piperidine rings is 3. The van der Waals surface area contributed by atoms with Crippen molar-refractivity contribution in [3.05, 3.63) is 35.0 Å². The zero-order chi connectivity index (χ0) is 17.6. The van der Waals surface area contributed by atoms with E-state index in [0.717, 1.165) is 53.6 Å². The second-order valence-electron chi connectivity index (χ2n) is 7.38. The lowest BCUT2D eigenvalue weighted by molar-refractivity contribution is -0.0562. The first-order valence-electron chi connectivity index (χ1n) is 9.17. The number of aliphatic hydroxyl groups excluding tert-OH is 1. The molecule has 3 aliphatic heterocycles. The zero-order valence-corrected chi connectivity index (χ0v) is 15.5. The average molecular weight is 361 g/mol. The van der Waals surface area contributed by atoms with Crippen LogP contribution in [-0.2, 0) is 0 Å². The molecule has 3 fully saturated rings. The monoisotopic (exact) mass is 360 g/mol. The molecular weight excluding hydrogens is 336 g/mol. The van der Waals surface area contributed by atoms with Gasteiger partial charge in [-0.3, -0.25) is 4.90 Å². The average Bonchev–Trinajstić information content (AvgIpc) is 2.66. The number of aliphatic hydroxyl groups is 1. The number of benzene rings is 1. The zero-order valence-electron chi connectivity index (χ0n) is 14.8. The van der Waals surface area contributed by atoms with Crippen molar-refractivity contribution in [2.45, 2.75) is 38.3 Å². The predicted molar refractivity (Wildman–Crippen MR) is 100 cm³/mol. The standard InChI is InChI=1S/C20H25ClN2O2/c1-3-12-11-23-7-6-13(12)8-18(23)20(24)16-10-19(21)22-17-5-4-14(25-2)9-15(16)17/h4-5,9-10,12-13,18,20,24H,3,6-8,11H2,1-2H3/t12-,13-,18+,20-/m0/s1. The van der Waals surface area contributed by atoms with Crippen molar-refractivity contribution in [2.75, 3.05) is 20.2 Å². The van der Waals surface area contributed by atoms with Crippen LogP contribution < -0.4 is 4.74 Å². The first-order valence-corrected chi connectivity index (χ1v) is 9.54. The SMILES string of the molecule is CC[C@H]1CN2CC[C@H]1C[C@@H]2[C@@H](O)c1cc(Cl)nc2ccc(OC)cc12. The molecule has 5 rings (SSSR count). The molecule has 0 radical (unpaired) electrons. The maximum absolute atomic E-state index is 11.2. The van der Waals surface area contributed by atoms with Crippen molar-refractivity contribution in [2.24, 2.45) is 11.8 Å². The third-order valence-corrected chi connectivity index (χ3v) is 6.35. The quantitative estimate of drug-likeness (QED) is 0.835. The summed E-state index contributed by atoms with van der Waals surface area (Å²) in [7, 11) is 1.65. The van der Waals surface area contributed by atoms with Crippen molar-refractivity contribution in [1.82, 2.24) is 9.88 Å². The molecular formula is C20H25ClN2O2. The number of hydrogen-bond acceptors (Lipinski definition) is 4. The van der Waals surface area contributed by atoms with Crippen molar-refractivity contribution in [3.8, 4) is 5.75 Å². The summed E-state index contributed by atoms with van der Waals surface area (Å²) in [6.45, 7) is 4.46. The minimum absolute atomic E-state index is 0.161. The van der Waals surface area contributed by atoms with Gasteiger partial charge in [-0.25, -0.2) is 4.98 Å². The predicted octanol–water partition coefficient (Wildman–Crippen LogP) is 4.05. The van der Waals surface area contributed by atoms with Crippen LogP contribution in [-0.4, -0.2) is 41.2 Å². The molecule has 1 N–H and O–H groups in total. The summed E-state index contributed by atoms with van der Waals surface area (Å²) in [6, 6.07) is 7.70. The summed E-state index contributed by atoms with van der Waals surface area (Å²) in [4.78, 5) is 6.87. The normalized spacial score (nSPS) is 29.8. The maximum atomic E-state index is 11.2. The number of pyridine rings is 1. The van der Waals surface area contributed by atoms with Gasteiger partial charge in [0, 0.05) is 18.0 Å². The van der Waals surface area contributed by atoms with Gasteiger partial charge in [-0.05, 0) is 61.1 Å². The number of methoxy groups -OCH3 is 1. The van der Waals surface area contributed by atoms with E-state index in [4.69, 9.17) is 16.3 Å². The molecule has 2 aromatic rings. The Morgan fingerprint density at radius 3 is 2.92 bits per heavy atom. The molecule has 2 bridgehead atoms. The van der Waals surface area contributed by atoms with Gasteiger partial charge < -0.3 is 9.84 Å². The highest BCUT2D eigenvalue weighted by atomic mass is 35.5. The van der Waals surface area contributed by atoms with Crippen LogP contribution in [0.2, 0.25) is 5.15 Å². The first-order chi connectivity index (χ1) is 12.1. The van der Waals surface area contributed by atoms with Gasteiger partial charge in [-0.15, -0.1) is 0 Å². The van der Waals surface area contributed by atoms with E-state index >= 15 is 0 Å². The molecule has 0 aliphatic carbocycles. The summed E-state index contributed by atoms with van der Waals surface area (Å²) in [5.41, 5.74) is 1.66. The van der Waals surface area contributed by atoms with Crippen LogP contribution in [0.15, 0.2) is 24.3 Å². The van der Waals surface area contributed by atoms with Crippen molar-refractivity contribution >= 4 is 22.5 Å². The maximum Gasteiger partial charge on any atom is 0.130 e. The number of hydrogen-bond donors (Lipinski definition) is 1. The Kier molecular flexibility index (Phi) is 4.61. The summed E-state index contributed by atoms with van der Waals surface area (Å²) < 4.78 is 5.36. The smallest absolute Gasteiger partial charge is 0.130 e. The van der Waals surface area contributed by atoms with E-state index in [1.807, 2.05) is 24.3 Å². The minimum atomic E-state index is -0.560.